The van der Waals surface area contributed by atoms with E-state index in [1.165, 1.54) is 23.1 Å². The van der Waals surface area contributed by atoms with Crippen LogP contribution >= 0.6 is 34.7 Å². The lowest BCUT2D eigenvalue weighted by Crippen LogP contribution is -2.37. The molecule has 1 N–H and O–H groups in total. The first-order valence-electron chi connectivity index (χ1n) is 8.35. The van der Waals surface area contributed by atoms with Crippen LogP contribution in [-0.4, -0.2) is 37.3 Å². The lowest BCUT2D eigenvalue weighted by Gasteiger charge is -2.22. The van der Waals surface area contributed by atoms with Crippen molar-refractivity contribution in [1.29, 1.82) is 0 Å². The summed E-state index contributed by atoms with van der Waals surface area (Å²) in [5.74, 6) is 0.198. The van der Waals surface area contributed by atoms with Crippen LogP contribution < -0.4 is 9.62 Å². The molecule has 0 aliphatic rings. The summed E-state index contributed by atoms with van der Waals surface area (Å²) in [4.78, 5) is 12.4. The zero-order valence-corrected chi connectivity index (χ0v) is 18.5. The summed E-state index contributed by atoms with van der Waals surface area (Å²) in [5.41, 5.74) is 1.39. The van der Waals surface area contributed by atoms with Crippen molar-refractivity contribution >= 4 is 61.4 Å². The molecule has 0 fully saturated rings. The minimum Gasteiger partial charge on any atom is -0.299 e. The maximum Gasteiger partial charge on any atom is 0.246 e. The quantitative estimate of drug-likeness (QED) is 0.398. The number of nitrogens with one attached hydrogen (secondary N) is 1. The fourth-order valence-corrected chi connectivity index (χ4v) is 5.24. The molecule has 0 saturated heterocycles. The van der Waals surface area contributed by atoms with E-state index in [-0.39, 0.29) is 10.7 Å². The number of rotatable bonds is 8. The molecule has 0 unspecified atom stereocenters. The number of hydrogen-bond acceptors (Lipinski definition) is 7. The third kappa shape index (κ3) is 6.17. The summed E-state index contributed by atoms with van der Waals surface area (Å²) in [5, 5.41) is 11.1. The molecule has 0 saturated carbocycles. The van der Waals surface area contributed by atoms with Crippen molar-refractivity contribution in [2.45, 2.75) is 10.1 Å². The number of aromatic nitrogens is 2. The lowest BCUT2D eigenvalue weighted by molar-refractivity contribution is -0.114. The zero-order valence-electron chi connectivity index (χ0n) is 15.3. The molecule has 3 rings (SSSR count). The highest BCUT2D eigenvalue weighted by molar-refractivity contribution is 8.00. The van der Waals surface area contributed by atoms with Gasteiger partial charge in [-0.15, -0.1) is 10.2 Å². The van der Waals surface area contributed by atoms with E-state index in [0.29, 0.717) is 9.47 Å². The molecule has 1 aromatic heterocycles. The maximum absolute atomic E-state index is 12.4. The van der Waals surface area contributed by atoms with Crippen LogP contribution in [0, 0.1) is 0 Å². The van der Waals surface area contributed by atoms with E-state index in [1.807, 2.05) is 30.3 Å². The number of carbonyl (C=O) groups excluding carboxylic acids is 1. The molecule has 152 valence electrons. The van der Waals surface area contributed by atoms with Crippen molar-refractivity contribution in [2.24, 2.45) is 0 Å². The number of anilines is 2. The summed E-state index contributed by atoms with van der Waals surface area (Å²) in [6.45, 7) is -0.422. The first-order chi connectivity index (χ1) is 13.8. The Labute approximate surface area is 182 Å². The number of hydrogen-bond donors (Lipinski definition) is 1. The van der Waals surface area contributed by atoms with E-state index in [2.05, 4.69) is 15.5 Å². The van der Waals surface area contributed by atoms with Crippen LogP contribution in [0.3, 0.4) is 0 Å². The Balaban J connectivity index is 1.63. The number of carbonyl (C=O) groups is 1. The van der Waals surface area contributed by atoms with Crippen LogP contribution in [-0.2, 0) is 20.6 Å². The highest BCUT2D eigenvalue weighted by Gasteiger charge is 2.23. The third-order valence-electron chi connectivity index (χ3n) is 3.67. The van der Waals surface area contributed by atoms with Gasteiger partial charge >= 0.3 is 0 Å². The Morgan fingerprint density at radius 3 is 2.52 bits per heavy atom. The maximum atomic E-state index is 12.4. The van der Waals surface area contributed by atoms with E-state index in [0.717, 1.165) is 21.9 Å². The third-order valence-corrected chi connectivity index (χ3v) is 7.16. The van der Waals surface area contributed by atoms with Crippen LogP contribution in [0.4, 0.5) is 10.8 Å². The Morgan fingerprint density at radius 2 is 1.83 bits per heavy atom. The van der Waals surface area contributed by atoms with E-state index in [1.54, 1.807) is 24.3 Å². The van der Waals surface area contributed by atoms with Gasteiger partial charge in [-0.3, -0.25) is 14.4 Å². The van der Waals surface area contributed by atoms with Gasteiger partial charge in [-0.1, -0.05) is 77.2 Å². The van der Waals surface area contributed by atoms with Crippen molar-refractivity contribution in [2.75, 3.05) is 22.4 Å². The molecule has 3 aromatic rings. The largest absolute Gasteiger partial charge is 0.299 e. The zero-order chi connectivity index (χ0) is 20.9. The van der Waals surface area contributed by atoms with Gasteiger partial charge in [-0.25, -0.2) is 8.42 Å². The summed E-state index contributed by atoms with van der Waals surface area (Å²) in [7, 11) is -3.71. The number of thioether (sulfide) groups is 1. The van der Waals surface area contributed by atoms with E-state index >= 15 is 0 Å². The van der Waals surface area contributed by atoms with Gasteiger partial charge in [0.2, 0.25) is 21.1 Å². The first kappa shape index (κ1) is 21.6. The van der Waals surface area contributed by atoms with Gasteiger partial charge < -0.3 is 0 Å². The molecule has 0 radical (unpaired) electrons. The summed E-state index contributed by atoms with van der Waals surface area (Å²) >= 11 is 8.83. The highest BCUT2D eigenvalue weighted by atomic mass is 35.5. The Kier molecular flexibility index (Phi) is 7.12. The average Bonchev–Trinajstić information content (AvgIpc) is 3.12. The van der Waals surface area contributed by atoms with Gasteiger partial charge in [0.05, 0.1) is 17.0 Å². The van der Waals surface area contributed by atoms with Gasteiger partial charge in [-0.2, -0.15) is 0 Å². The summed E-state index contributed by atoms with van der Waals surface area (Å²) < 4.78 is 26.0. The smallest absolute Gasteiger partial charge is 0.246 e. The molecule has 0 spiro atoms. The summed E-state index contributed by atoms with van der Waals surface area (Å²) in [6.07, 6.45) is 1.02. The lowest BCUT2D eigenvalue weighted by atomic mass is 10.2. The van der Waals surface area contributed by atoms with Crippen LogP contribution in [0.2, 0.25) is 5.02 Å². The molecular weight excluding hydrogens is 452 g/mol. The minimum atomic E-state index is -3.71. The fraction of sp³-hybridized carbons (Fsp3) is 0.167. The topological polar surface area (TPSA) is 92.3 Å². The molecule has 0 atom stereocenters. The Bertz CT molecular complexity index is 1090. The molecule has 1 amide bonds. The van der Waals surface area contributed by atoms with Crippen LogP contribution in [0.25, 0.3) is 0 Å². The molecular formula is C18H17ClN4O3S3. The number of sulfonamides is 1. The first-order valence-corrected chi connectivity index (χ1v) is 12.4. The standard InChI is InChI=1S/C18H17ClN4O3S3/c1-29(25,26)23(15-10-6-5-9-14(15)19)11-16(24)20-17-21-22-18(28-17)27-12-13-7-3-2-4-8-13/h2-10H,11-12H2,1H3,(H,20,21,24). The number of halogens is 1. The van der Waals surface area contributed by atoms with Crippen molar-refractivity contribution in [3.8, 4) is 0 Å². The van der Waals surface area contributed by atoms with Crippen LogP contribution in [0.1, 0.15) is 5.56 Å². The van der Waals surface area contributed by atoms with E-state index < -0.39 is 22.5 Å². The number of para-hydroxylation sites is 1. The average molecular weight is 469 g/mol. The second kappa shape index (κ2) is 9.57. The van der Waals surface area contributed by atoms with Crippen LogP contribution in [0.5, 0.6) is 0 Å². The fourth-order valence-electron chi connectivity index (χ4n) is 2.36. The van der Waals surface area contributed by atoms with Gasteiger partial charge in [0.25, 0.3) is 0 Å². The molecule has 7 nitrogen and oxygen atoms in total. The predicted octanol–water partition coefficient (Wildman–Crippen LogP) is 3.89. The SMILES string of the molecule is CS(=O)(=O)N(CC(=O)Nc1nnc(SCc2ccccc2)s1)c1ccccc1Cl. The monoisotopic (exact) mass is 468 g/mol. The second-order valence-corrected chi connectivity index (χ2v) is 10.4. The van der Waals surface area contributed by atoms with Crippen molar-refractivity contribution in [1.82, 2.24) is 10.2 Å². The minimum absolute atomic E-state index is 0.237. The normalized spacial score (nSPS) is 11.2. The van der Waals surface area contributed by atoms with Crippen molar-refractivity contribution in [3.05, 3.63) is 65.2 Å². The van der Waals surface area contributed by atoms with Gasteiger partial charge in [0, 0.05) is 5.75 Å². The highest BCUT2D eigenvalue weighted by Crippen LogP contribution is 2.29. The number of benzene rings is 2. The molecule has 1 heterocycles. The summed E-state index contributed by atoms with van der Waals surface area (Å²) in [6, 6.07) is 16.4. The number of amides is 1. The molecule has 0 bridgehead atoms. The molecule has 29 heavy (non-hydrogen) atoms. The van der Waals surface area contributed by atoms with Crippen LogP contribution in [0.15, 0.2) is 58.9 Å². The van der Waals surface area contributed by atoms with E-state index in [9.17, 15) is 13.2 Å². The molecule has 2 aromatic carbocycles. The Hall–Kier alpha value is -2.14. The van der Waals surface area contributed by atoms with Crippen molar-refractivity contribution < 1.29 is 13.2 Å². The molecule has 0 aliphatic heterocycles. The van der Waals surface area contributed by atoms with Crippen molar-refractivity contribution in [3.63, 3.8) is 0 Å². The molecule has 0 aliphatic carbocycles. The van der Waals surface area contributed by atoms with Gasteiger partial charge in [-0.05, 0) is 17.7 Å². The molecule has 11 heteroatoms. The van der Waals surface area contributed by atoms with E-state index in [4.69, 9.17) is 11.6 Å². The van der Waals surface area contributed by atoms with Gasteiger partial charge in [0.15, 0.2) is 4.34 Å². The number of nitrogens with zero attached hydrogens (tertiary/aromatic N) is 3. The predicted molar refractivity (Wildman–Crippen MR) is 118 cm³/mol. The second-order valence-electron chi connectivity index (χ2n) is 5.92. The Morgan fingerprint density at radius 1 is 1.14 bits per heavy atom. The van der Waals surface area contributed by atoms with Gasteiger partial charge in [0.1, 0.15) is 6.54 Å².